The quantitative estimate of drug-likeness (QED) is 0.666. The topological polar surface area (TPSA) is 58.3 Å². The largest absolute Gasteiger partial charge is 0.406 e. The number of aliphatic hydroxyl groups excluding tert-OH is 1. The maximum Gasteiger partial charge on any atom is 0.406 e. The summed E-state index contributed by atoms with van der Waals surface area (Å²) in [5.41, 5.74) is 5.65. The van der Waals surface area contributed by atoms with Gasteiger partial charge in [0.25, 0.3) is 0 Å². The van der Waals surface area contributed by atoms with Crippen molar-refractivity contribution in [2.24, 2.45) is 5.73 Å². The Labute approximate surface area is 86.8 Å². The zero-order valence-electron chi connectivity index (χ0n) is 8.43. The van der Waals surface area contributed by atoms with Crippen LogP contribution in [0.3, 0.4) is 0 Å². The van der Waals surface area contributed by atoms with E-state index in [1.54, 1.807) is 0 Å². The second-order valence-corrected chi connectivity index (χ2v) is 4.06. The highest BCUT2D eigenvalue weighted by Crippen LogP contribution is 2.23. The Balaban J connectivity index is 2.39. The summed E-state index contributed by atoms with van der Waals surface area (Å²) in [6.45, 7) is -0.911. The van der Waals surface area contributed by atoms with E-state index in [1.165, 1.54) is 0 Å². The van der Waals surface area contributed by atoms with Crippen LogP contribution in [0, 0.1) is 0 Å². The van der Waals surface area contributed by atoms with Crippen LogP contribution in [0.15, 0.2) is 0 Å². The van der Waals surface area contributed by atoms with Crippen molar-refractivity contribution in [1.29, 1.82) is 0 Å². The summed E-state index contributed by atoms with van der Waals surface area (Å²) in [7, 11) is 0. The molecule has 0 radical (unpaired) electrons. The highest BCUT2D eigenvalue weighted by molar-refractivity contribution is 4.84. The van der Waals surface area contributed by atoms with Crippen molar-refractivity contribution in [3.05, 3.63) is 0 Å². The summed E-state index contributed by atoms with van der Waals surface area (Å²) in [4.78, 5) is 0. The summed E-state index contributed by atoms with van der Waals surface area (Å²) in [6.07, 6.45) is -1.60. The van der Waals surface area contributed by atoms with Crippen LogP contribution in [0.2, 0.25) is 0 Å². The Morgan fingerprint density at radius 1 is 1.27 bits per heavy atom. The van der Waals surface area contributed by atoms with Crippen LogP contribution in [0.1, 0.15) is 25.7 Å². The first-order valence-electron chi connectivity index (χ1n) is 5.12. The molecule has 90 valence electrons. The first-order valence-corrected chi connectivity index (χ1v) is 5.12. The van der Waals surface area contributed by atoms with Gasteiger partial charge in [-0.05, 0) is 25.7 Å². The molecule has 0 spiro atoms. The molecule has 1 unspecified atom stereocenters. The second kappa shape index (κ2) is 5.14. The Hall–Kier alpha value is -0.330. The molecule has 3 nitrogen and oxygen atoms in total. The highest BCUT2D eigenvalue weighted by atomic mass is 19.4. The Bertz CT molecular complexity index is 190. The van der Waals surface area contributed by atoms with Crippen LogP contribution < -0.4 is 11.1 Å². The predicted molar refractivity (Wildman–Crippen MR) is 50.3 cm³/mol. The third-order valence-electron chi connectivity index (χ3n) is 2.79. The van der Waals surface area contributed by atoms with Gasteiger partial charge in [0.2, 0.25) is 0 Å². The fourth-order valence-corrected chi connectivity index (χ4v) is 1.82. The second-order valence-electron chi connectivity index (χ2n) is 4.06. The fraction of sp³-hybridized carbons (Fsp3) is 1.00. The first kappa shape index (κ1) is 12.7. The lowest BCUT2D eigenvalue weighted by atomic mass is 9.91. The number of rotatable bonds is 3. The molecule has 1 fully saturated rings. The molecule has 4 N–H and O–H groups in total. The summed E-state index contributed by atoms with van der Waals surface area (Å²) in [5, 5.41) is 11.1. The zero-order chi connectivity index (χ0) is 11.5. The van der Waals surface area contributed by atoms with E-state index in [4.69, 9.17) is 10.8 Å². The number of alkyl halides is 3. The third-order valence-corrected chi connectivity index (χ3v) is 2.79. The Morgan fingerprint density at radius 2 is 1.80 bits per heavy atom. The molecule has 0 aromatic rings. The third kappa shape index (κ3) is 3.96. The van der Waals surface area contributed by atoms with E-state index < -0.39 is 18.8 Å². The molecule has 0 aromatic heterocycles. The van der Waals surface area contributed by atoms with Gasteiger partial charge >= 0.3 is 6.18 Å². The van der Waals surface area contributed by atoms with Crippen LogP contribution >= 0.6 is 0 Å². The van der Waals surface area contributed by atoms with Gasteiger partial charge in [0, 0.05) is 12.1 Å². The minimum atomic E-state index is -4.38. The number of halogens is 3. The highest BCUT2D eigenvalue weighted by Gasteiger charge is 2.40. The molecule has 1 atom stereocenters. The molecule has 1 saturated carbocycles. The molecular formula is C9H17F3N2O. The molecule has 0 heterocycles. The van der Waals surface area contributed by atoms with Gasteiger partial charge in [-0.2, -0.15) is 13.2 Å². The number of nitrogens with one attached hydrogen (secondary N) is 1. The average molecular weight is 226 g/mol. The van der Waals surface area contributed by atoms with Crippen molar-refractivity contribution < 1.29 is 18.3 Å². The van der Waals surface area contributed by atoms with Crippen molar-refractivity contribution >= 4 is 0 Å². The molecule has 0 amide bonds. The van der Waals surface area contributed by atoms with E-state index in [1.807, 2.05) is 0 Å². The lowest BCUT2D eigenvalue weighted by Crippen LogP contribution is -2.51. The van der Waals surface area contributed by atoms with Gasteiger partial charge in [0.05, 0.1) is 6.61 Å². The molecule has 1 rings (SSSR count). The molecule has 0 bridgehead atoms. The summed E-state index contributed by atoms with van der Waals surface area (Å²) in [5.74, 6) is 0. The zero-order valence-corrected chi connectivity index (χ0v) is 8.43. The summed E-state index contributed by atoms with van der Waals surface area (Å²) < 4.78 is 36.9. The molecule has 1 aliphatic rings. The van der Waals surface area contributed by atoms with Crippen LogP contribution in [0.5, 0.6) is 0 Å². The summed E-state index contributed by atoms with van der Waals surface area (Å²) in [6, 6.07) is -1.87. The van der Waals surface area contributed by atoms with Gasteiger partial charge in [0.15, 0.2) is 0 Å². The monoisotopic (exact) mass is 226 g/mol. The molecule has 0 saturated heterocycles. The van der Waals surface area contributed by atoms with E-state index in [2.05, 4.69) is 5.32 Å². The smallest absolute Gasteiger partial charge is 0.394 e. The van der Waals surface area contributed by atoms with Gasteiger partial charge < -0.3 is 16.2 Å². The average Bonchev–Trinajstić information content (AvgIpc) is 2.15. The number of hydrogen-bond acceptors (Lipinski definition) is 3. The van der Waals surface area contributed by atoms with Crippen molar-refractivity contribution in [2.45, 2.75) is 50.0 Å². The molecule has 15 heavy (non-hydrogen) atoms. The van der Waals surface area contributed by atoms with Crippen LogP contribution in [-0.2, 0) is 0 Å². The molecule has 1 aliphatic carbocycles. The van der Waals surface area contributed by atoms with Crippen molar-refractivity contribution in [3.63, 3.8) is 0 Å². The molecule has 0 aromatic carbocycles. The van der Waals surface area contributed by atoms with Gasteiger partial charge in [0.1, 0.15) is 6.04 Å². The fourth-order valence-electron chi connectivity index (χ4n) is 1.82. The Kier molecular flexibility index (Phi) is 4.36. The lowest BCUT2D eigenvalue weighted by Gasteiger charge is -2.30. The van der Waals surface area contributed by atoms with Crippen molar-refractivity contribution in [2.75, 3.05) is 6.61 Å². The predicted octanol–water partition coefficient (Wildman–Crippen LogP) is 0.769. The van der Waals surface area contributed by atoms with Crippen LogP contribution in [0.25, 0.3) is 0 Å². The maximum atomic E-state index is 12.3. The van der Waals surface area contributed by atoms with E-state index in [0.717, 1.165) is 12.8 Å². The Morgan fingerprint density at radius 3 is 2.20 bits per heavy atom. The minimum Gasteiger partial charge on any atom is -0.394 e. The van der Waals surface area contributed by atoms with Gasteiger partial charge in [-0.1, -0.05) is 0 Å². The standard InChI is InChI=1S/C9H17F3N2O/c10-9(11,12)8(5-15)14-7-3-1-6(13)2-4-7/h6-8,14-15H,1-5,13H2. The van der Waals surface area contributed by atoms with Crippen molar-refractivity contribution in [1.82, 2.24) is 5.32 Å². The van der Waals surface area contributed by atoms with Crippen LogP contribution in [0.4, 0.5) is 13.2 Å². The number of hydrogen-bond donors (Lipinski definition) is 3. The van der Waals surface area contributed by atoms with Crippen molar-refractivity contribution in [3.8, 4) is 0 Å². The number of nitrogens with two attached hydrogens (primary N) is 1. The molecular weight excluding hydrogens is 209 g/mol. The van der Waals surface area contributed by atoms with Gasteiger partial charge in [-0.3, -0.25) is 0 Å². The minimum absolute atomic E-state index is 0.113. The van der Waals surface area contributed by atoms with E-state index >= 15 is 0 Å². The normalized spacial score (nSPS) is 30.2. The lowest BCUT2D eigenvalue weighted by molar-refractivity contribution is -0.166. The van der Waals surface area contributed by atoms with E-state index in [0.29, 0.717) is 12.8 Å². The summed E-state index contributed by atoms with van der Waals surface area (Å²) >= 11 is 0. The van der Waals surface area contributed by atoms with Crippen LogP contribution in [-0.4, -0.2) is 36.0 Å². The van der Waals surface area contributed by atoms with Gasteiger partial charge in [-0.15, -0.1) is 0 Å². The first-order chi connectivity index (χ1) is 6.93. The SMILES string of the molecule is NC1CCC(NC(CO)C(F)(F)F)CC1. The van der Waals surface area contributed by atoms with Gasteiger partial charge in [-0.25, -0.2) is 0 Å². The van der Waals surface area contributed by atoms with E-state index in [-0.39, 0.29) is 12.1 Å². The molecule has 0 aliphatic heterocycles. The number of aliphatic hydroxyl groups is 1. The van der Waals surface area contributed by atoms with E-state index in [9.17, 15) is 13.2 Å². The molecule has 6 heteroatoms. The maximum absolute atomic E-state index is 12.3.